The van der Waals surface area contributed by atoms with E-state index in [9.17, 15) is 4.79 Å². The predicted octanol–water partition coefficient (Wildman–Crippen LogP) is 3.20. The second-order valence-corrected chi connectivity index (χ2v) is 3.03. The number of hydrogen-bond acceptors (Lipinski definition) is 2. The fraction of sp³-hybridized carbons (Fsp3) is 0.545. The van der Waals surface area contributed by atoms with Gasteiger partial charge in [0, 0.05) is 0 Å². The van der Waals surface area contributed by atoms with Crippen molar-refractivity contribution >= 4 is 6.47 Å². The summed E-state index contributed by atoms with van der Waals surface area (Å²) in [6.45, 7) is 6.49. The van der Waals surface area contributed by atoms with Crippen LogP contribution in [0.25, 0.3) is 0 Å². The third-order valence-electron chi connectivity index (χ3n) is 1.76. The lowest BCUT2D eigenvalue weighted by atomic mass is 10.1. The van der Waals surface area contributed by atoms with Gasteiger partial charge in [-0.15, -0.1) is 0 Å². The Bertz CT molecular complexity index is 202. The highest BCUT2D eigenvalue weighted by atomic mass is 16.5. The average molecular weight is 182 g/mol. The van der Waals surface area contributed by atoms with E-state index >= 15 is 0 Å². The van der Waals surface area contributed by atoms with Gasteiger partial charge >= 0.3 is 0 Å². The Morgan fingerprint density at radius 2 is 2.00 bits per heavy atom. The van der Waals surface area contributed by atoms with Gasteiger partial charge in [0.1, 0.15) is 5.76 Å². The summed E-state index contributed by atoms with van der Waals surface area (Å²) in [6, 6.07) is 0. The highest BCUT2D eigenvalue weighted by Gasteiger charge is 1.90. The summed E-state index contributed by atoms with van der Waals surface area (Å²) in [5, 5.41) is 0. The van der Waals surface area contributed by atoms with Crippen molar-refractivity contribution in [2.24, 2.45) is 0 Å². The maximum atomic E-state index is 9.94. The van der Waals surface area contributed by atoms with Gasteiger partial charge in [0.25, 0.3) is 6.47 Å². The number of ether oxygens (including phenoxy) is 1. The van der Waals surface area contributed by atoms with Crippen molar-refractivity contribution < 1.29 is 9.53 Å². The topological polar surface area (TPSA) is 26.3 Å². The molecule has 0 radical (unpaired) electrons. The lowest BCUT2D eigenvalue weighted by Gasteiger charge is -1.98. The summed E-state index contributed by atoms with van der Waals surface area (Å²) >= 11 is 0. The van der Waals surface area contributed by atoms with Gasteiger partial charge in [0.05, 0.1) is 0 Å². The molecule has 0 saturated carbocycles. The molecule has 0 saturated heterocycles. The van der Waals surface area contributed by atoms with Gasteiger partial charge in [-0.2, -0.15) is 0 Å². The molecule has 0 unspecified atom stereocenters. The molecule has 0 aromatic carbocycles. The van der Waals surface area contributed by atoms with Crippen LogP contribution in [0, 0.1) is 0 Å². The molecule has 0 aromatic rings. The quantitative estimate of drug-likeness (QED) is 0.358. The molecular formula is C11H18O2. The Kier molecular flexibility index (Phi) is 6.98. The molecular weight excluding hydrogens is 164 g/mol. The largest absolute Gasteiger partial charge is 0.434 e. The van der Waals surface area contributed by atoms with Crippen LogP contribution in [0.15, 0.2) is 23.5 Å². The second-order valence-electron chi connectivity index (χ2n) is 3.03. The molecule has 2 heteroatoms. The van der Waals surface area contributed by atoms with Crippen LogP contribution in [0.2, 0.25) is 0 Å². The first-order valence-corrected chi connectivity index (χ1v) is 4.63. The van der Waals surface area contributed by atoms with Crippen LogP contribution in [0.1, 0.15) is 40.0 Å². The molecule has 0 aliphatic carbocycles. The lowest BCUT2D eigenvalue weighted by molar-refractivity contribution is -0.125. The van der Waals surface area contributed by atoms with E-state index in [1.807, 2.05) is 6.08 Å². The molecule has 2 nitrogen and oxygen atoms in total. The lowest BCUT2D eigenvalue weighted by Crippen LogP contribution is -1.84. The fourth-order valence-electron chi connectivity index (χ4n) is 1.08. The first-order valence-electron chi connectivity index (χ1n) is 4.63. The van der Waals surface area contributed by atoms with Gasteiger partial charge in [-0.1, -0.05) is 18.6 Å². The summed E-state index contributed by atoms with van der Waals surface area (Å²) in [4.78, 5) is 9.94. The number of hydrogen-bond donors (Lipinski definition) is 0. The summed E-state index contributed by atoms with van der Waals surface area (Å²) < 4.78 is 4.64. The molecule has 0 aromatic heterocycles. The molecule has 0 bridgehead atoms. The SMILES string of the molecule is CC/C=C(\C)CC/C=C(\C)OC=O. The minimum absolute atomic E-state index is 0.459. The number of rotatable bonds is 6. The number of carbonyl (C=O) groups is 1. The van der Waals surface area contributed by atoms with Crippen LogP contribution in [0.5, 0.6) is 0 Å². The Balaban J connectivity index is 3.71. The fourth-order valence-corrected chi connectivity index (χ4v) is 1.08. The van der Waals surface area contributed by atoms with Crippen molar-refractivity contribution in [1.82, 2.24) is 0 Å². The van der Waals surface area contributed by atoms with Gasteiger partial charge in [0.2, 0.25) is 0 Å². The van der Waals surface area contributed by atoms with Crippen LogP contribution in [-0.4, -0.2) is 6.47 Å². The van der Waals surface area contributed by atoms with Gasteiger partial charge in [-0.3, -0.25) is 4.79 Å². The van der Waals surface area contributed by atoms with E-state index in [0.717, 1.165) is 19.3 Å². The molecule has 0 spiro atoms. The van der Waals surface area contributed by atoms with E-state index in [1.165, 1.54) is 5.57 Å². The van der Waals surface area contributed by atoms with Crippen LogP contribution in [0.3, 0.4) is 0 Å². The molecule has 0 atom stereocenters. The normalized spacial score (nSPS) is 12.8. The molecule has 13 heavy (non-hydrogen) atoms. The molecule has 74 valence electrons. The van der Waals surface area contributed by atoms with Crippen LogP contribution in [-0.2, 0) is 9.53 Å². The molecule has 0 heterocycles. The molecule has 0 rings (SSSR count). The molecule has 0 fully saturated rings. The molecule has 0 aliphatic heterocycles. The maximum Gasteiger partial charge on any atom is 0.298 e. The standard InChI is InChI=1S/C11H18O2/c1-4-6-10(2)7-5-8-11(3)13-9-12/h6,8-9H,4-5,7H2,1-3H3/b10-6+,11-8+. The summed E-state index contributed by atoms with van der Waals surface area (Å²) in [7, 11) is 0. The first kappa shape index (κ1) is 11.9. The van der Waals surface area contributed by atoms with Gasteiger partial charge in [0.15, 0.2) is 0 Å². The number of carbonyl (C=O) groups excluding carboxylic acids is 1. The van der Waals surface area contributed by atoms with Crippen molar-refractivity contribution in [2.75, 3.05) is 0 Å². The van der Waals surface area contributed by atoms with Crippen LogP contribution < -0.4 is 0 Å². The smallest absolute Gasteiger partial charge is 0.298 e. The Labute approximate surface area is 80.3 Å². The van der Waals surface area contributed by atoms with E-state index in [0.29, 0.717) is 12.2 Å². The third-order valence-corrected chi connectivity index (χ3v) is 1.76. The van der Waals surface area contributed by atoms with Crippen molar-refractivity contribution in [2.45, 2.75) is 40.0 Å². The Hall–Kier alpha value is -1.05. The predicted molar refractivity (Wildman–Crippen MR) is 54.2 cm³/mol. The van der Waals surface area contributed by atoms with Crippen LogP contribution >= 0.6 is 0 Å². The van der Waals surface area contributed by atoms with Gasteiger partial charge in [-0.05, 0) is 39.2 Å². The second kappa shape index (κ2) is 7.59. The van der Waals surface area contributed by atoms with E-state index in [4.69, 9.17) is 0 Å². The summed E-state index contributed by atoms with van der Waals surface area (Å²) in [6.07, 6.45) is 7.19. The minimum Gasteiger partial charge on any atom is -0.434 e. The van der Waals surface area contributed by atoms with E-state index in [-0.39, 0.29) is 0 Å². The molecule has 0 aliphatic rings. The monoisotopic (exact) mass is 182 g/mol. The van der Waals surface area contributed by atoms with E-state index in [1.54, 1.807) is 6.92 Å². The molecule has 0 amide bonds. The highest BCUT2D eigenvalue weighted by molar-refractivity contribution is 5.39. The summed E-state index contributed by atoms with van der Waals surface area (Å²) in [5.41, 5.74) is 1.39. The Morgan fingerprint density at radius 1 is 1.31 bits per heavy atom. The minimum atomic E-state index is 0.459. The zero-order valence-electron chi connectivity index (χ0n) is 8.67. The number of allylic oxidation sites excluding steroid dienone is 4. The zero-order valence-corrected chi connectivity index (χ0v) is 8.67. The van der Waals surface area contributed by atoms with Crippen molar-refractivity contribution in [1.29, 1.82) is 0 Å². The highest BCUT2D eigenvalue weighted by Crippen LogP contribution is 2.07. The van der Waals surface area contributed by atoms with Crippen molar-refractivity contribution in [3.63, 3.8) is 0 Å². The van der Waals surface area contributed by atoms with Crippen molar-refractivity contribution in [3.05, 3.63) is 23.5 Å². The van der Waals surface area contributed by atoms with E-state index in [2.05, 4.69) is 24.7 Å². The van der Waals surface area contributed by atoms with Crippen molar-refractivity contribution in [3.8, 4) is 0 Å². The summed E-state index contributed by atoms with van der Waals surface area (Å²) in [5.74, 6) is 0.680. The first-order chi connectivity index (χ1) is 6.20. The Morgan fingerprint density at radius 3 is 2.54 bits per heavy atom. The van der Waals surface area contributed by atoms with Gasteiger partial charge < -0.3 is 4.74 Å². The average Bonchev–Trinajstić information content (AvgIpc) is 2.05. The van der Waals surface area contributed by atoms with Gasteiger partial charge in [-0.25, -0.2) is 0 Å². The maximum absolute atomic E-state index is 9.94. The van der Waals surface area contributed by atoms with Crippen LogP contribution in [0.4, 0.5) is 0 Å². The van der Waals surface area contributed by atoms with E-state index < -0.39 is 0 Å². The molecule has 0 N–H and O–H groups in total. The third kappa shape index (κ3) is 7.32. The zero-order chi connectivity index (χ0) is 10.1.